The highest BCUT2D eigenvalue weighted by Gasteiger charge is 2.30. The van der Waals surface area contributed by atoms with E-state index in [2.05, 4.69) is 19.1 Å². The number of Topliss-reactive ketones (excluding diaryl/α,β-unsaturated/α-hetero) is 1. The lowest BCUT2D eigenvalue weighted by Gasteiger charge is -2.29. The lowest BCUT2D eigenvalue weighted by atomic mass is 9.99. The van der Waals surface area contributed by atoms with E-state index in [9.17, 15) is 9.59 Å². The Morgan fingerprint density at radius 3 is 2.00 bits per heavy atom. The Morgan fingerprint density at radius 1 is 0.828 bits per heavy atom. The molecule has 0 unspecified atom stereocenters. The second-order valence-electron chi connectivity index (χ2n) is 8.31. The third kappa shape index (κ3) is 16.3. The van der Waals surface area contributed by atoms with E-state index in [0.29, 0.717) is 19.3 Å². The zero-order valence-corrected chi connectivity index (χ0v) is 19.3. The average Bonchev–Trinajstić information content (AvgIpc) is 2.63. The lowest BCUT2D eigenvalue weighted by molar-refractivity contribution is -0.151. The molecule has 2 atom stereocenters. The molecule has 1 N–H and O–H groups in total. The molecule has 5 nitrogen and oxygen atoms in total. The van der Waals surface area contributed by atoms with E-state index in [1.807, 2.05) is 27.7 Å². The molecule has 0 bridgehead atoms. The number of ketones is 1. The molecule has 0 aliphatic heterocycles. The number of unbranched alkanes of at least 4 members (excludes halogenated alkanes) is 6. The third-order valence-electron chi connectivity index (χ3n) is 4.59. The van der Waals surface area contributed by atoms with Crippen molar-refractivity contribution in [3.8, 4) is 0 Å². The average molecular weight is 413 g/mol. The van der Waals surface area contributed by atoms with Gasteiger partial charge >= 0.3 is 5.97 Å². The van der Waals surface area contributed by atoms with Crippen molar-refractivity contribution in [2.24, 2.45) is 0 Å². The molecule has 0 aromatic heterocycles. The van der Waals surface area contributed by atoms with Crippen LogP contribution in [0.15, 0.2) is 12.2 Å². The molecule has 5 heteroatoms. The second-order valence-corrected chi connectivity index (χ2v) is 8.31. The van der Waals surface area contributed by atoms with E-state index in [-0.39, 0.29) is 30.5 Å². The molecule has 29 heavy (non-hydrogen) atoms. The fourth-order valence-corrected chi connectivity index (χ4v) is 3.20. The normalized spacial score (nSPS) is 14.0. The fraction of sp³-hybridized carbons (Fsp3) is 0.833. The minimum atomic E-state index is -0.761. The Hall–Kier alpha value is -1.20. The van der Waals surface area contributed by atoms with E-state index >= 15 is 0 Å². The summed E-state index contributed by atoms with van der Waals surface area (Å²) in [7, 11) is 0. The smallest absolute Gasteiger partial charge is 0.303 e. The fourth-order valence-electron chi connectivity index (χ4n) is 3.20. The predicted octanol–water partition coefficient (Wildman–Crippen LogP) is 6.09. The van der Waals surface area contributed by atoms with Gasteiger partial charge < -0.3 is 14.6 Å². The molecule has 0 spiro atoms. The van der Waals surface area contributed by atoms with Crippen molar-refractivity contribution in [2.45, 2.75) is 130 Å². The Kier molecular flexibility index (Phi) is 16.9. The summed E-state index contributed by atoms with van der Waals surface area (Å²) < 4.78 is 12.1. The predicted molar refractivity (Wildman–Crippen MR) is 118 cm³/mol. The number of carboxylic acid groups (broad SMARTS) is 1. The molecule has 0 radical (unpaired) electrons. The molecule has 0 fully saturated rings. The first-order chi connectivity index (χ1) is 13.8. The van der Waals surface area contributed by atoms with Gasteiger partial charge in [0, 0.05) is 12.8 Å². The molecule has 0 aromatic carbocycles. The molecule has 0 aliphatic carbocycles. The molecule has 0 heterocycles. The first kappa shape index (κ1) is 27.8. The van der Waals surface area contributed by atoms with Gasteiger partial charge in [-0.1, -0.05) is 44.8 Å². The maximum Gasteiger partial charge on any atom is 0.303 e. The van der Waals surface area contributed by atoms with E-state index in [1.54, 1.807) is 0 Å². The SMILES string of the molecule is CCCCC/C=C\C[C@H](OC(C)C)[C@H](OC(C)C)C(=O)CCCCCCC(=O)O. The van der Waals surface area contributed by atoms with E-state index in [4.69, 9.17) is 14.6 Å². The zero-order valence-electron chi connectivity index (χ0n) is 19.3. The summed E-state index contributed by atoms with van der Waals surface area (Å²) in [6.45, 7) is 10.1. The molecule has 0 rings (SSSR count). The number of rotatable bonds is 19. The first-order valence-electron chi connectivity index (χ1n) is 11.5. The highest BCUT2D eigenvalue weighted by molar-refractivity contribution is 5.83. The number of hydrogen-bond donors (Lipinski definition) is 1. The largest absolute Gasteiger partial charge is 0.481 e. The van der Waals surface area contributed by atoms with Gasteiger partial charge in [-0.25, -0.2) is 0 Å². The monoisotopic (exact) mass is 412 g/mol. The minimum Gasteiger partial charge on any atom is -0.481 e. The number of allylic oxidation sites excluding steroid dienone is 1. The molecule has 170 valence electrons. The lowest BCUT2D eigenvalue weighted by Crippen LogP contribution is -2.41. The maximum absolute atomic E-state index is 12.9. The second kappa shape index (κ2) is 17.6. The molecule has 0 aliphatic rings. The minimum absolute atomic E-state index is 0.0237. The van der Waals surface area contributed by atoms with Crippen molar-refractivity contribution in [2.75, 3.05) is 0 Å². The Balaban J connectivity index is 4.74. The topological polar surface area (TPSA) is 72.8 Å². The first-order valence-corrected chi connectivity index (χ1v) is 11.5. The van der Waals surface area contributed by atoms with Crippen LogP contribution in [0.5, 0.6) is 0 Å². The molecule has 0 saturated carbocycles. The molecule has 0 amide bonds. The molecular weight excluding hydrogens is 368 g/mol. The van der Waals surface area contributed by atoms with Gasteiger partial charge in [0.25, 0.3) is 0 Å². The Labute approximate surface area is 178 Å². The van der Waals surface area contributed by atoms with Gasteiger partial charge in [-0.05, 0) is 59.8 Å². The summed E-state index contributed by atoms with van der Waals surface area (Å²) in [4.78, 5) is 23.5. The van der Waals surface area contributed by atoms with Crippen LogP contribution in [0.2, 0.25) is 0 Å². The van der Waals surface area contributed by atoms with Gasteiger partial charge in [-0.3, -0.25) is 9.59 Å². The number of carboxylic acids is 1. The number of hydrogen-bond acceptors (Lipinski definition) is 4. The Morgan fingerprint density at radius 2 is 1.45 bits per heavy atom. The van der Waals surface area contributed by atoms with Gasteiger partial charge in [-0.2, -0.15) is 0 Å². The van der Waals surface area contributed by atoms with Crippen LogP contribution in [-0.4, -0.2) is 41.3 Å². The van der Waals surface area contributed by atoms with E-state index in [0.717, 1.165) is 25.7 Å². The number of carbonyl (C=O) groups is 2. The maximum atomic E-state index is 12.9. The van der Waals surface area contributed by atoms with Crippen LogP contribution < -0.4 is 0 Å². The molecule has 0 aromatic rings. The molecule has 0 saturated heterocycles. The van der Waals surface area contributed by atoms with Crippen molar-refractivity contribution >= 4 is 11.8 Å². The quantitative estimate of drug-likeness (QED) is 0.205. The van der Waals surface area contributed by atoms with Crippen LogP contribution in [0, 0.1) is 0 Å². The number of carbonyl (C=O) groups excluding carboxylic acids is 1. The van der Waals surface area contributed by atoms with Crippen molar-refractivity contribution in [1.29, 1.82) is 0 Å². The van der Waals surface area contributed by atoms with Crippen LogP contribution in [0.25, 0.3) is 0 Å². The van der Waals surface area contributed by atoms with E-state index < -0.39 is 12.1 Å². The summed E-state index contributed by atoms with van der Waals surface area (Å²) in [6, 6.07) is 0. The third-order valence-corrected chi connectivity index (χ3v) is 4.59. The Bertz CT molecular complexity index is 456. The zero-order chi connectivity index (χ0) is 22.1. The highest BCUT2D eigenvalue weighted by atomic mass is 16.6. The summed E-state index contributed by atoms with van der Waals surface area (Å²) in [6.07, 6.45) is 12.6. The number of aliphatic carboxylic acids is 1. The van der Waals surface area contributed by atoms with Gasteiger partial charge in [0.1, 0.15) is 6.10 Å². The van der Waals surface area contributed by atoms with Crippen LogP contribution in [0.4, 0.5) is 0 Å². The van der Waals surface area contributed by atoms with E-state index in [1.165, 1.54) is 19.3 Å². The standard InChI is InChI=1S/C24H44O5/c1-6-7-8-9-10-14-17-22(28-19(2)3)24(29-20(4)5)21(25)16-13-11-12-15-18-23(26)27/h10,14,19-20,22,24H,6-9,11-13,15-18H2,1-5H3,(H,26,27)/b14-10-/t22-,24+/m0/s1. The van der Waals surface area contributed by atoms with Crippen LogP contribution in [0.3, 0.4) is 0 Å². The summed E-state index contributed by atoms with van der Waals surface area (Å²) in [5.41, 5.74) is 0. The van der Waals surface area contributed by atoms with Crippen molar-refractivity contribution in [3.05, 3.63) is 12.2 Å². The summed E-state index contributed by atoms with van der Waals surface area (Å²) >= 11 is 0. The van der Waals surface area contributed by atoms with Crippen LogP contribution in [-0.2, 0) is 19.1 Å². The van der Waals surface area contributed by atoms with Crippen molar-refractivity contribution < 1.29 is 24.2 Å². The van der Waals surface area contributed by atoms with Gasteiger partial charge in [0.15, 0.2) is 5.78 Å². The summed E-state index contributed by atoms with van der Waals surface area (Å²) in [5.74, 6) is -0.676. The number of ether oxygens (including phenoxy) is 2. The van der Waals surface area contributed by atoms with Crippen LogP contribution in [0.1, 0.15) is 105 Å². The molecular formula is C24H44O5. The summed E-state index contributed by atoms with van der Waals surface area (Å²) in [5, 5.41) is 8.69. The van der Waals surface area contributed by atoms with Gasteiger partial charge in [-0.15, -0.1) is 0 Å². The van der Waals surface area contributed by atoms with Crippen molar-refractivity contribution in [1.82, 2.24) is 0 Å². The van der Waals surface area contributed by atoms with Gasteiger partial charge in [0.2, 0.25) is 0 Å². The van der Waals surface area contributed by atoms with Gasteiger partial charge in [0.05, 0.1) is 18.3 Å². The van der Waals surface area contributed by atoms with Crippen molar-refractivity contribution in [3.63, 3.8) is 0 Å². The highest BCUT2D eigenvalue weighted by Crippen LogP contribution is 2.18. The van der Waals surface area contributed by atoms with Crippen LogP contribution >= 0.6 is 0 Å².